The molecule has 1 aromatic carbocycles. The quantitative estimate of drug-likeness (QED) is 0.707. The second-order valence-corrected chi connectivity index (χ2v) is 6.74. The highest BCUT2D eigenvalue weighted by molar-refractivity contribution is 9.10. The lowest BCUT2D eigenvalue weighted by Gasteiger charge is -2.12. The lowest BCUT2D eigenvalue weighted by molar-refractivity contribution is -0.138. The van der Waals surface area contributed by atoms with Crippen LogP contribution in [0.5, 0.6) is 0 Å². The first kappa shape index (κ1) is 16.2. The maximum absolute atomic E-state index is 13.0. The number of aromatic nitrogens is 1. The van der Waals surface area contributed by atoms with Gasteiger partial charge < -0.3 is 0 Å². The Morgan fingerprint density at radius 3 is 2.52 bits per heavy atom. The molecule has 0 bridgehead atoms. The molecule has 0 atom stereocenters. The van der Waals surface area contributed by atoms with Crippen LogP contribution in [-0.4, -0.2) is 10.8 Å². The number of hydrogen-bond donors (Lipinski definition) is 0. The molecule has 7 heteroatoms. The molecule has 0 radical (unpaired) electrons. The van der Waals surface area contributed by atoms with Crippen LogP contribution in [0.4, 0.5) is 13.2 Å². The number of rotatable bonds is 3. The van der Waals surface area contributed by atoms with Gasteiger partial charge in [0, 0.05) is 14.9 Å². The van der Waals surface area contributed by atoms with Crippen LogP contribution in [-0.2, 0) is 12.6 Å². The molecular formula is C14H11BrF3NOS. The Labute approximate surface area is 132 Å². The van der Waals surface area contributed by atoms with Crippen molar-refractivity contribution >= 4 is 33.0 Å². The molecule has 0 amide bonds. The van der Waals surface area contributed by atoms with Gasteiger partial charge in [-0.3, -0.25) is 4.79 Å². The third-order valence-electron chi connectivity index (χ3n) is 2.97. The third kappa shape index (κ3) is 3.71. The van der Waals surface area contributed by atoms with Crippen molar-refractivity contribution in [3.8, 4) is 0 Å². The highest BCUT2D eigenvalue weighted by Crippen LogP contribution is 2.34. The molecule has 0 aliphatic heterocycles. The van der Waals surface area contributed by atoms with Crippen molar-refractivity contribution in [2.24, 2.45) is 0 Å². The largest absolute Gasteiger partial charge is 0.417 e. The van der Waals surface area contributed by atoms with E-state index < -0.39 is 17.5 Å². The normalized spacial score (nSPS) is 11.7. The summed E-state index contributed by atoms with van der Waals surface area (Å²) < 4.78 is 39.3. The summed E-state index contributed by atoms with van der Waals surface area (Å²) in [5.74, 6) is -0.580. The Balaban J connectivity index is 2.35. The molecule has 0 spiro atoms. The van der Waals surface area contributed by atoms with Gasteiger partial charge in [-0.1, -0.05) is 15.9 Å². The summed E-state index contributed by atoms with van der Waals surface area (Å²) in [6.45, 7) is 3.67. The highest BCUT2D eigenvalue weighted by atomic mass is 79.9. The zero-order chi connectivity index (χ0) is 15.8. The monoisotopic (exact) mass is 377 g/mol. The molecule has 21 heavy (non-hydrogen) atoms. The molecular weight excluding hydrogens is 367 g/mol. The van der Waals surface area contributed by atoms with E-state index in [1.54, 1.807) is 6.92 Å². The molecule has 0 aliphatic carbocycles. The highest BCUT2D eigenvalue weighted by Gasteiger charge is 2.35. The van der Waals surface area contributed by atoms with Crippen molar-refractivity contribution in [3.05, 3.63) is 49.4 Å². The Morgan fingerprint density at radius 2 is 2.00 bits per heavy atom. The van der Waals surface area contributed by atoms with Gasteiger partial charge in [0.25, 0.3) is 0 Å². The van der Waals surface area contributed by atoms with Crippen molar-refractivity contribution in [1.29, 1.82) is 0 Å². The fourth-order valence-electron chi connectivity index (χ4n) is 1.84. The number of aryl methyl sites for hydroxylation is 2. The van der Waals surface area contributed by atoms with Crippen LogP contribution < -0.4 is 0 Å². The first-order valence-corrected chi connectivity index (χ1v) is 7.62. The lowest BCUT2D eigenvalue weighted by atomic mass is 10.0. The maximum Gasteiger partial charge on any atom is 0.417 e. The number of alkyl halides is 3. The summed E-state index contributed by atoms with van der Waals surface area (Å²) in [7, 11) is 0. The van der Waals surface area contributed by atoms with Crippen LogP contribution in [0, 0.1) is 13.8 Å². The van der Waals surface area contributed by atoms with Gasteiger partial charge in [0.2, 0.25) is 0 Å². The minimum Gasteiger partial charge on any atom is -0.294 e. The van der Waals surface area contributed by atoms with E-state index in [2.05, 4.69) is 20.9 Å². The van der Waals surface area contributed by atoms with Crippen molar-refractivity contribution in [2.45, 2.75) is 26.4 Å². The summed E-state index contributed by atoms with van der Waals surface area (Å²) in [6.07, 6.45) is -4.69. The van der Waals surface area contributed by atoms with E-state index in [4.69, 9.17) is 0 Å². The number of hydrogen-bond acceptors (Lipinski definition) is 3. The first-order chi connectivity index (χ1) is 9.68. The van der Waals surface area contributed by atoms with Gasteiger partial charge in [-0.15, -0.1) is 11.3 Å². The Kier molecular flexibility index (Phi) is 4.53. The SMILES string of the molecule is Cc1nc(CC(=O)c2ccc(Br)cc2C(F)(F)F)sc1C. The van der Waals surface area contributed by atoms with Crippen LogP contribution in [0.1, 0.15) is 31.5 Å². The molecule has 1 aromatic heterocycles. The average Bonchev–Trinajstić information content (AvgIpc) is 2.66. The third-order valence-corrected chi connectivity index (χ3v) is 4.54. The molecule has 0 N–H and O–H groups in total. The number of benzene rings is 1. The van der Waals surface area contributed by atoms with Crippen LogP contribution >= 0.6 is 27.3 Å². The predicted molar refractivity (Wildman–Crippen MR) is 78.8 cm³/mol. The summed E-state index contributed by atoms with van der Waals surface area (Å²) in [5.41, 5.74) is -0.447. The van der Waals surface area contributed by atoms with Gasteiger partial charge in [0.15, 0.2) is 5.78 Å². The Bertz CT molecular complexity index is 675. The van der Waals surface area contributed by atoms with E-state index in [-0.39, 0.29) is 16.5 Å². The van der Waals surface area contributed by atoms with Gasteiger partial charge in [0.05, 0.1) is 17.7 Å². The van der Waals surface area contributed by atoms with E-state index in [0.29, 0.717) is 5.01 Å². The van der Waals surface area contributed by atoms with Crippen LogP contribution in [0.2, 0.25) is 0 Å². The van der Waals surface area contributed by atoms with E-state index in [1.165, 1.54) is 23.5 Å². The molecule has 2 aromatic rings. The number of ketones is 1. The minimum atomic E-state index is -4.57. The lowest BCUT2D eigenvalue weighted by Crippen LogP contribution is -2.14. The van der Waals surface area contributed by atoms with Crippen LogP contribution in [0.3, 0.4) is 0 Å². The van der Waals surface area contributed by atoms with Crippen LogP contribution in [0.15, 0.2) is 22.7 Å². The van der Waals surface area contributed by atoms with E-state index in [1.807, 2.05) is 6.92 Å². The smallest absolute Gasteiger partial charge is 0.294 e. The van der Waals surface area contributed by atoms with Crippen molar-refractivity contribution in [3.63, 3.8) is 0 Å². The second-order valence-electron chi connectivity index (χ2n) is 4.54. The molecule has 2 nitrogen and oxygen atoms in total. The van der Waals surface area contributed by atoms with Gasteiger partial charge in [-0.05, 0) is 32.0 Å². The number of carbonyl (C=O) groups is 1. The summed E-state index contributed by atoms with van der Waals surface area (Å²) in [6, 6.07) is 3.55. The summed E-state index contributed by atoms with van der Waals surface area (Å²) in [5, 5.41) is 0.533. The number of Topliss-reactive ketones (excluding diaryl/α,β-unsaturated/α-hetero) is 1. The topological polar surface area (TPSA) is 30.0 Å². The van der Waals surface area contributed by atoms with Crippen molar-refractivity contribution < 1.29 is 18.0 Å². The van der Waals surface area contributed by atoms with Crippen molar-refractivity contribution in [1.82, 2.24) is 4.98 Å². The second kappa shape index (κ2) is 5.88. The molecule has 0 saturated carbocycles. The van der Waals surface area contributed by atoms with Gasteiger partial charge >= 0.3 is 6.18 Å². The number of carbonyl (C=O) groups excluding carboxylic acids is 1. The summed E-state index contributed by atoms with van der Waals surface area (Å²) >= 11 is 4.33. The first-order valence-electron chi connectivity index (χ1n) is 6.01. The molecule has 1 heterocycles. The number of halogens is 4. The van der Waals surface area contributed by atoms with Crippen LogP contribution in [0.25, 0.3) is 0 Å². The minimum absolute atomic E-state index is 0.121. The van der Waals surface area contributed by atoms with E-state index in [0.717, 1.165) is 16.6 Å². The molecule has 112 valence electrons. The van der Waals surface area contributed by atoms with E-state index in [9.17, 15) is 18.0 Å². The maximum atomic E-state index is 13.0. The van der Waals surface area contributed by atoms with Gasteiger partial charge in [0.1, 0.15) is 5.01 Å². The summed E-state index contributed by atoms with van der Waals surface area (Å²) in [4.78, 5) is 17.3. The molecule has 0 fully saturated rings. The zero-order valence-corrected chi connectivity index (χ0v) is 13.6. The predicted octanol–water partition coefficient (Wildman–Crippen LogP) is 4.97. The van der Waals surface area contributed by atoms with Gasteiger partial charge in [-0.2, -0.15) is 13.2 Å². The van der Waals surface area contributed by atoms with Crippen molar-refractivity contribution in [2.75, 3.05) is 0 Å². The molecule has 2 rings (SSSR count). The number of nitrogens with zero attached hydrogens (tertiary/aromatic N) is 1. The average molecular weight is 378 g/mol. The zero-order valence-electron chi connectivity index (χ0n) is 11.2. The molecule has 0 unspecified atom stereocenters. The Hall–Kier alpha value is -1.21. The van der Waals surface area contributed by atoms with E-state index >= 15 is 0 Å². The Morgan fingerprint density at radius 1 is 1.33 bits per heavy atom. The van der Waals surface area contributed by atoms with Gasteiger partial charge in [-0.25, -0.2) is 4.98 Å². The number of thiazole rings is 1. The standard InChI is InChI=1S/C14H11BrF3NOS/c1-7-8(2)21-13(19-7)6-12(20)10-4-3-9(15)5-11(10)14(16,17)18/h3-5H,6H2,1-2H3. The fraction of sp³-hybridized carbons (Fsp3) is 0.286. The molecule has 0 saturated heterocycles. The molecule has 0 aliphatic rings. The fourth-order valence-corrected chi connectivity index (χ4v) is 3.14.